The standard InChI is InChI=1S/C20H21N3O2/c1-12-8-16(13(2)24)18-17(9-12)19(25)22(3)20(21-18)23-10-14-6-4-5-7-15(14)11-23/h4-9,13,24H,10-11H2,1-3H3. The third kappa shape index (κ3) is 2.51. The highest BCUT2D eigenvalue weighted by Crippen LogP contribution is 2.29. The lowest BCUT2D eigenvalue weighted by Crippen LogP contribution is -2.28. The highest BCUT2D eigenvalue weighted by Gasteiger charge is 2.23. The van der Waals surface area contributed by atoms with Gasteiger partial charge in [-0.25, -0.2) is 4.98 Å². The number of aryl methyl sites for hydroxylation is 1. The molecule has 1 aromatic heterocycles. The second kappa shape index (κ2) is 5.70. The van der Waals surface area contributed by atoms with E-state index >= 15 is 0 Å². The van der Waals surface area contributed by atoms with Crippen LogP contribution in [0.5, 0.6) is 0 Å². The number of hydrogen-bond acceptors (Lipinski definition) is 4. The van der Waals surface area contributed by atoms with E-state index in [0.717, 1.165) is 18.7 Å². The van der Waals surface area contributed by atoms with Crippen molar-refractivity contribution in [2.24, 2.45) is 7.05 Å². The fourth-order valence-electron chi connectivity index (χ4n) is 3.62. The molecule has 5 nitrogen and oxygen atoms in total. The molecule has 1 N–H and O–H groups in total. The van der Waals surface area contributed by atoms with Crippen LogP contribution < -0.4 is 10.5 Å². The second-order valence-corrected chi connectivity index (χ2v) is 6.83. The topological polar surface area (TPSA) is 58.4 Å². The molecule has 5 heteroatoms. The number of aromatic nitrogens is 2. The summed E-state index contributed by atoms with van der Waals surface area (Å²) in [7, 11) is 1.76. The Morgan fingerprint density at radius 3 is 2.40 bits per heavy atom. The second-order valence-electron chi connectivity index (χ2n) is 6.83. The van der Waals surface area contributed by atoms with Gasteiger partial charge in [-0.2, -0.15) is 0 Å². The number of hydrogen-bond donors (Lipinski definition) is 1. The predicted octanol–water partition coefficient (Wildman–Crippen LogP) is 2.82. The van der Waals surface area contributed by atoms with Crippen molar-refractivity contribution in [1.82, 2.24) is 9.55 Å². The first-order chi connectivity index (χ1) is 12.0. The van der Waals surface area contributed by atoms with E-state index in [2.05, 4.69) is 17.0 Å². The summed E-state index contributed by atoms with van der Waals surface area (Å²) in [6, 6.07) is 12.0. The summed E-state index contributed by atoms with van der Waals surface area (Å²) in [4.78, 5) is 19.8. The average Bonchev–Trinajstić information content (AvgIpc) is 3.01. The smallest absolute Gasteiger partial charge is 0.262 e. The molecule has 1 aliphatic heterocycles. The van der Waals surface area contributed by atoms with Crippen molar-refractivity contribution in [3.63, 3.8) is 0 Å². The number of aliphatic hydroxyl groups excluding tert-OH is 1. The molecule has 128 valence electrons. The third-order valence-electron chi connectivity index (χ3n) is 4.90. The molecule has 0 saturated carbocycles. The normalized spacial score (nSPS) is 14.8. The number of aliphatic hydroxyl groups is 1. The van der Waals surface area contributed by atoms with Crippen molar-refractivity contribution in [2.75, 3.05) is 4.90 Å². The largest absolute Gasteiger partial charge is 0.389 e. The van der Waals surface area contributed by atoms with Gasteiger partial charge in [0, 0.05) is 25.7 Å². The van der Waals surface area contributed by atoms with E-state index in [-0.39, 0.29) is 5.56 Å². The molecule has 0 radical (unpaired) electrons. The van der Waals surface area contributed by atoms with Crippen LogP contribution in [0.4, 0.5) is 5.95 Å². The lowest BCUT2D eigenvalue weighted by Gasteiger charge is -2.21. The number of anilines is 1. The van der Waals surface area contributed by atoms with E-state index < -0.39 is 6.10 Å². The molecule has 1 aliphatic rings. The summed E-state index contributed by atoms with van der Waals surface area (Å²) in [6.07, 6.45) is -0.675. The Kier molecular flexibility index (Phi) is 3.62. The quantitative estimate of drug-likeness (QED) is 0.782. The van der Waals surface area contributed by atoms with Gasteiger partial charge >= 0.3 is 0 Å². The van der Waals surface area contributed by atoms with Gasteiger partial charge in [0.2, 0.25) is 5.95 Å². The maximum Gasteiger partial charge on any atom is 0.262 e. The SMILES string of the molecule is Cc1cc(C(C)O)c2nc(N3Cc4ccccc4C3)n(C)c(=O)c2c1. The van der Waals surface area contributed by atoms with E-state index in [1.807, 2.05) is 31.2 Å². The molecule has 0 amide bonds. The van der Waals surface area contributed by atoms with Gasteiger partial charge in [-0.05, 0) is 36.6 Å². The zero-order valence-corrected chi connectivity index (χ0v) is 14.7. The Labute approximate surface area is 146 Å². The minimum atomic E-state index is -0.675. The van der Waals surface area contributed by atoms with Crippen molar-refractivity contribution < 1.29 is 5.11 Å². The van der Waals surface area contributed by atoms with E-state index in [1.165, 1.54) is 11.1 Å². The van der Waals surface area contributed by atoms with Crippen LogP contribution in [0.3, 0.4) is 0 Å². The highest BCUT2D eigenvalue weighted by atomic mass is 16.3. The van der Waals surface area contributed by atoms with Crippen molar-refractivity contribution >= 4 is 16.9 Å². The van der Waals surface area contributed by atoms with Crippen LogP contribution in [0.2, 0.25) is 0 Å². The molecular formula is C20H21N3O2. The number of benzene rings is 2. The maximum absolute atomic E-state index is 12.9. The van der Waals surface area contributed by atoms with E-state index in [0.29, 0.717) is 22.4 Å². The minimum Gasteiger partial charge on any atom is -0.389 e. The Morgan fingerprint density at radius 1 is 1.16 bits per heavy atom. The Balaban J connectivity index is 1.92. The van der Waals surface area contributed by atoms with Gasteiger partial charge in [0.1, 0.15) is 0 Å². The lowest BCUT2D eigenvalue weighted by atomic mass is 10.0. The molecule has 1 atom stereocenters. The van der Waals surface area contributed by atoms with Gasteiger partial charge in [0.25, 0.3) is 5.56 Å². The van der Waals surface area contributed by atoms with Crippen molar-refractivity contribution in [1.29, 1.82) is 0 Å². The summed E-state index contributed by atoms with van der Waals surface area (Å²) in [5, 5.41) is 10.7. The van der Waals surface area contributed by atoms with Crippen LogP contribution in [-0.2, 0) is 20.1 Å². The van der Waals surface area contributed by atoms with Crippen LogP contribution in [0, 0.1) is 6.92 Å². The third-order valence-corrected chi connectivity index (χ3v) is 4.90. The molecule has 4 rings (SSSR count). The molecule has 0 aliphatic carbocycles. The average molecular weight is 335 g/mol. The molecule has 0 bridgehead atoms. The summed E-state index contributed by atoms with van der Waals surface area (Å²) in [5.41, 5.74) is 4.68. The fourth-order valence-corrected chi connectivity index (χ4v) is 3.62. The predicted molar refractivity (Wildman–Crippen MR) is 98.7 cm³/mol. The van der Waals surface area contributed by atoms with Gasteiger partial charge in [0.15, 0.2) is 0 Å². The van der Waals surface area contributed by atoms with Crippen molar-refractivity contribution in [3.8, 4) is 0 Å². The zero-order chi connectivity index (χ0) is 17.7. The van der Waals surface area contributed by atoms with Crippen LogP contribution in [0.15, 0.2) is 41.2 Å². The Hall–Kier alpha value is -2.66. The van der Waals surface area contributed by atoms with Crippen LogP contribution in [0.25, 0.3) is 10.9 Å². The molecule has 0 spiro atoms. The molecule has 3 aromatic rings. The van der Waals surface area contributed by atoms with Gasteiger partial charge in [-0.3, -0.25) is 9.36 Å². The molecule has 0 fully saturated rings. The van der Waals surface area contributed by atoms with Crippen LogP contribution in [0.1, 0.15) is 35.3 Å². The molecule has 0 saturated heterocycles. The van der Waals surface area contributed by atoms with Gasteiger partial charge < -0.3 is 10.0 Å². The number of rotatable bonds is 2. The van der Waals surface area contributed by atoms with Crippen molar-refractivity contribution in [3.05, 3.63) is 69.0 Å². The molecule has 2 aromatic carbocycles. The summed E-state index contributed by atoms with van der Waals surface area (Å²) < 4.78 is 1.61. The summed E-state index contributed by atoms with van der Waals surface area (Å²) in [5.74, 6) is 0.638. The van der Waals surface area contributed by atoms with Gasteiger partial charge in [0.05, 0.1) is 17.0 Å². The van der Waals surface area contributed by atoms with Gasteiger partial charge in [-0.15, -0.1) is 0 Å². The van der Waals surface area contributed by atoms with E-state index in [1.54, 1.807) is 18.5 Å². The highest BCUT2D eigenvalue weighted by molar-refractivity contribution is 5.83. The fraction of sp³-hybridized carbons (Fsp3) is 0.300. The summed E-state index contributed by atoms with van der Waals surface area (Å²) >= 11 is 0. The minimum absolute atomic E-state index is 0.0819. The summed E-state index contributed by atoms with van der Waals surface area (Å²) in [6.45, 7) is 5.10. The Morgan fingerprint density at radius 2 is 1.80 bits per heavy atom. The molecule has 2 heterocycles. The Bertz CT molecular complexity index is 1010. The molecule has 25 heavy (non-hydrogen) atoms. The van der Waals surface area contributed by atoms with Crippen LogP contribution in [-0.4, -0.2) is 14.7 Å². The first kappa shape index (κ1) is 15.8. The zero-order valence-electron chi connectivity index (χ0n) is 14.7. The van der Waals surface area contributed by atoms with Gasteiger partial charge in [-0.1, -0.05) is 30.3 Å². The lowest BCUT2D eigenvalue weighted by molar-refractivity contribution is 0.200. The van der Waals surface area contributed by atoms with E-state index in [9.17, 15) is 9.90 Å². The molecule has 1 unspecified atom stereocenters. The van der Waals surface area contributed by atoms with E-state index in [4.69, 9.17) is 4.98 Å². The maximum atomic E-state index is 12.9. The first-order valence-corrected chi connectivity index (χ1v) is 8.47. The first-order valence-electron chi connectivity index (χ1n) is 8.47. The number of nitrogens with zero attached hydrogens (tertiary/aromatic N) is 3. The molecular weight excluding hydrogens is 314 g/mol. The van der Waals surface area contributed by atoms with Crippen LogP contribution >= 0.6 is 0 Å². The monoisotopic (exact) mass is 335 g/mol. The number of fused-ring (bicyclic) bond motifs is 2. The van der Waals surface area contributed by atoms with Crippen molar-refractivity contribution in [2.45, 2.75) is 33.0 Å².